The van der Waals surface area contributed by atoms with Crippen LogP contribution in [0, 0.1) is 28.6 Å². The van der Waals surface area contributed by atoms with Gasteiger partial charge in [0, 0.05) is 16.7 Å². The van der Waals surface area contributed by atoms with Gasteiger partial charge in [-0.2, -0.15) is 14.7 Å². The van der Waals surface area contributed by atoms with Gasteiger partial charge in [-0.3, -0.25) is 9.59 Å². The number of carbonyl (C=O) groups is 2. The molecule has 9 unspecified atom stereocenters. The number of carbonyl (C=O) groups excluding carboxylic acids is 2. The summed E-state index contributed by atoms with van der Waals surface area (Å²) in [5.41, 5.74) is -1.59. The van der Waals surface area contributed by atoms with E-state index in [-0.39, 0.29) is 23.5 Å². The number of aliphatic hydroxyl groups excluding tert-OH is 1. The molecule has 9 atom stereocenters. The molecule has 4 N–H and O–H groups in total. The average molecular weight is 512 g/mol. The highest BCUT2D eigenvalue weighted by molar-refractivity contribution is 7.53. The molecule has 0 amide bonds. The molecule has 194 valence electrons. The fourth-order valence-corrected chi connectivity index (χ4v) is 8.55. The minimum Gasteiger partial charge on any atom is -0.393 e. The standard InChI is InChI=1S/C25H36O9P/c1-4-5-21-33-20-11-17-16-7-6-14-10-15(26)8-9-23(14,2)22(16)18(27)12-24(17,3)25(20,34-21)19(28)13-32-35(29,30)31/h8-10,16-18,20-22,27,29-31H,4-7,11-13H2,1-3H3/q+1. The Hall–Kier alpha value is -1.03. The van der Waals surface area contributed by atoms with Gasteiger partial charge in [0.25, 0.3) is 0 Å². The van der Waals surface area contributed by atoms with Crippen LogP contribution in [0.5, 0.6) is 0 Å². The highest BCUT2D eigenvalue weighted by Crippen LogP contribution is 2.69. The Bertz CT molecular complexity index is 972. The number of allylic oxidation sites excluding steroid dienone is 4. The maximum absolute atomic E-state index is 13.7. The maximum Gasteiger partial charge on any atom is 0.567 e. The molecule has 4 fully saturated rings. The molecular formula is C25H36O9P+. The third kappa shape index (κ3) is 3.74. The van der Waals surface area contributed by atoms with Gasteiger partial charge >= 0.3 is 8.17 Å². The molecule has 0 spiro atoms. The predicted octanol–water partition coefficient (Wildman–Crippen LogP) is 2.40. The number of fused-ring (bicyclic) bond motifs is 7. The Morgan fingerprint density at radius 2 is 2.03 bits per heavy atom. The SMILES string of the molecule is CCCC1OC2CC3C4CCC5=CC(=O)C=CC5(C)C4C(O)CC3(C)C2(C(=O)CO[P+](O)(O)O)O1. The molecule has 5 aliphatic rings. The van der Waals surface area contributed by atoms with E-state index in [4.69, 9.17) is 14.0 Å². The van der Waals surface area contributed by atoms with Crippen LogP contribution in [0.2, 0.25) is 0 Å². The molecule has 0 aromatic rings. The lowest BCUT2D eigenvalue weighted by atomic mass is 9.46. The topological polar surface area (TPSA) is 143 Å². The lowest BCUT2D eigenvalue weighted by Crippen LogP contribution is -2.63. The highest BCUT2D eigenvalue weighted by atomic mass is 31.2. The van der Waals surface area contributed by atoms with E-state index >= 15 is 0 Å². The van der Waals surface area contributed by atoms with Crippen molar-refractivity contribution in [3.8, 4) is 0 Å². The van der Waals surface area contributed by atoms with E-state index < -0.39 is 55.5 Å². The second-order valence-corrected chi connectivity index (χ2v) is 12.6. The number of rotatable bonds is 6. The van der Waals surface area contributed by atoms with Gasteiger partial charge in [0.2, 0.25) is 0 Å². The minimum atomic E-state index is -4.61. The summed E-state index contributed by atoms with van der Waals surface area (Å²) in [6.07, 6.45) is 7.15. The number of Topliss-reactive ketones (excluding diaryl/α,β-unsaturated/α-hetero) is 1. The van der Waals surface area contributed by atoms with E-state index in [9.17, 15) is 29.4 Å². The van der Waals surface area contributed by atoms with E-state index in [1.807, 2.05) is 19.9 Å². The molecule has 35 heavy (non-hydrogen) atoms. The van der Waals surface area contributed by atoms with Crippen molar-refractivity contribution >= 4 is 19.7 Å². The van der Waals surface area contributed by atoms with Gasteiger partial charge in [-0.1, -0.05) is 38.8 Å². The normalized spacial score (nSPS) is 46.5. The van der Waals surface area contributed by atoms with Crippen molar-refractivity contribution in [2.75, 3.05) is 6.61 Å². The average Bonchev–Trinajstić information content (AvgIpc) is 3.24. The summed E-state index contributed by atoms with van der Waals surface area (Å²) >= 11 is 0. The van der Waals surface area contributed by atoms with Gasteiger partial charge in [0.15, 0.2) is 30.1 Å². The van der Waals surface area contributed by atoms with Gasteiger partial charge in [-0.25, -0.2) is 0 Å². The Morgan fingerprint density at radius 1 is 1.29 bits per heavy atom. The van der Waals surface area contributed by atoms with Gasteiger partial charge in [0.1, 0.15) is 0 Å². The van der Waals surface area contributed by atoms with Crippen LogP contribution in [0.4, 0.5) is 0 Å². The van der Waals surface area contributed by atoms with Crippen molar-refractivity contribution < 1.29 is 43.4 Å². The maximum atomic E-state index is 13.7. The molecule has 4 aliphatic carbocycles. The molecule has 0 radical (unpaired) electrons. The Kier molecular flexibility index (Phi) is 6.22. The van der Waals surface area contributed by atoms with Crippen molar-refractivity contribution in [2.24, 2.45) is 28.6 Å². The molecule has 3 saturated carbocycles. The van der Waals surface area contributed by atoms with E-state index in [2.05, 4.69) is 6.92 Å². The Balaban J connectivity index is 1.52. The van der Waals surface area contributed by atoms with Crippen LogP contribution >= 0.6 is 8.17 Å². The molecule has 1 saturated heterocycles. The van der Waals surface area contributed by atoms with Crippen LogP contribution in [0.15, 0.2) is 23.8 Å². The zero-order chi connectivity index (χ0) is 25.4. The Morgan fingerprint density at radius 3 is 2.71 bits per heavy atom. The van der Waals surface area contributed by atoms with Crippen molar-refractivity contribution in [2.45, 2.75) is 83.4 Å². The predicted molar refractivity (Wildman–Crippen MR) is 125 cm³/mol. The van der Waals surface area contributed by atoms with Gasteiger partial charge in [-0.15, -0.1) is 4.52 Å². The quantitative estimate of drug-likeness (QED) is 0.395. The number of hydrogen-bond acceptors (Lipinski definition) is 9. The van der Waals surface area contributed by atoms with Crippen LogP contribution in [0.1, 0.15) is 59.3 Å². The molecule has 10 heteroatoms. The summed E-state index contributed by atoms with van der Waals surface area (Å²) in [5, 5.41) is 11.6. The first-order chi connectivity index (χ1) is 16.4. The van der Waals surface area contributed by atoms with Crippen molar-refractivity contribution in [3.63, 3.8) is 0 Å². The van der Waals surface area contributed by atoms with Crippen molar-refractivity contribution in [3.05, 3.63) is 23.8 Å². The third-order valence-electron chi connectivity index (χ3n) is 9.60. The largest absolute Gasteiger partial charge is 0.567 e. The van der Waals surface area contributed by atoms with Crippen LogP contribution < -0.4 is 0 Å². The summed E-state index contributed by atoms with van der Waals surface area (Å²) < 4.78 is 17.4. The van der Waals surface area contributed by atoms with E-state index in [1.54, 1.807) is 12.2 Å². The second-order valence-electron chi connectivity index (χ2n) is 11.4. The zero-order valence-electron chi connectivity index (χ0n) is 20.4. The highest BCUT2D eigenvalue weighted by Gasteiger charge is 2.76. The van der Waals surface area contributed by atoms with E-state index in [0.717, 1.165) is 24.8 Å². The summed E-state index contributed by atoms with van der Waals surface area (Å²) in [5.74, 6) is -0.551. The Labute approximate surface area is 205 Å². The fraction of sp³-hybridized carbons (Fsp3) is 0.760. The van der Waals surface area contributed by atoms with Crippen LogP contribution in [-0.2, 0) is 23.6 Å². The molecule has 0 aromatic heterocycles. The first kappa shape index (κ1) is 25.6. The van der Waals surface area contributed by atoms with E-state index in [1.165, 1.54) is 0 Å². The molecular weight excluding hydrogens is 475 g/mol. The summed E-state index contributed by atoms with van der Waals surface area (Å²) in [4.78, 5) is 53.8. The summed E-state index contributed by atoms with van der Waals surface area (Å²) in [6.45, 7) is 5.33. The van der Waals surface area contributed by atoms with Crippen LogP contribution in [0.3, 0.4) is 0 Å². The minimum absolute atomic E-state index is 0.00811. The molecule has 9 nitrogen and oxygen atoms in total. The molecule has 0 bridgehead atoms. The van der Waals surface area contributed by atoms with Crippen molar-refractivity contribution in [1.29, 1.82) is 0 Å². The lowest BCUT2D eigenvalue weighted by Gasteiger charge is -2.59. The second kappa shape index (κ2) is 8.50. The molecule has 5 rings (SSSR count). The number of aliphatic hydroxyl groups is 1. The summed E-state index contributed by atoms with van der Waals surface area (Å²) in [7, 11) is -4.61. The molecule has 1 aliphatic heterocycles. The van der Waals surface area contributed by atoms with Crippen LogP contribution in [0.25, 0.3) is 0 Å². The van der Waals surface area contributed by atoms with E-state index in [0.29, 0.717) is 19.3 Å². The first-order valence-electron chi connectivity index (χ1n) is 12.6. The fourth-order valence-electron chi connectivity index (χ4n) is 8.26. The number of ketones is 2. The number of ether oxygens (including phenoxy) is 2. The third-order valence-corrected chi connectivity index (χ3v) is 10.1. The lowest BCUT2D eigenvalue weighted by molar-refractivity contribution is -0.200. The monoisotopic (exact) mass is 511 g/mol. The molecule has 1 heterocycles. The zero-order valence-corrected chi connectivity index (χ0v) is 21.3. The van der Waals surface area contributed by atoms with Crippen LogP contribution in [-0.4, -0.2) is 62.1 Å². The summed E-state index contributed by atoms with van der Waals surface area (Å²) in [6, 6.07) is 0. The first-order valence-corrected chi connectivity index (χ1v) is 14.1. The smallest absolute Gasteiger partial charge is 0.393 e. The van der Waals surface area contributed by atoms with Gasteiger partial charge in [-0.05, 0) is 56.1 Å². The van der Waals surface area contributed by atoms with Crippen molar-refractivity contribution in [1.82, 2.24) is 0 Å². The molecule has 0 aromatic carbocycles. The van der Waals surface area contributed by atoms with Gasteiger partial charge < -0.3 is 14.6 Å². The number of hydrogen-bond donors (Lipinski definition) is 4. The van der Waals surface area contributed by atoms with Gasteiger partial charge in [0.05, 0.1) is 12.2 Å².